The van der Waals surface area contributed by atoms with E-state index in [0.29, 0.717) is 17.2 Å². The maximum absolute atomic E-state index is 13.0. The Bertz CT molecular complexity index is 1250. The van der Waals surface area contributed by atoms with E-state index in [1.54, 1.807) is 24.3 Å². The normalized spacial score (nSPS) is 11.7. The third-order valence-electron chi connectivity index (χ3n) is 5.22. The van der Waals surface area contributed by atoms with Gasteiger partial charge in [-0.1, -0.05) is 60.7 Å². The van der Waals surface area contributed by atoms with Crippen molar-refractivity contribution in [2.45, 2.75) is 25.8 Å². The Balaban J connectivity index is 1.62. The number of amides is 3. The molecule has 3 aromatic rings. The Kier molecular flexibility index (Phi) is 8.12. The summed E-state index contributed by atoms with van der Waals surface area (Å²) in [5.74, 6) is -2.76. The van der Waals surface area contributed by atoms with Crippen LogP contribution in [0, 0.1) is 0 Å². The van der Waals surface area contributed by atoms with E-state index in [0.717, 1.165) is 22.4 Å². The van der Waals surface area contributed by atoms with Crippen molar-refractivity contribution in [2.24, 2.45) is 0 Å². The summed E-state index contributed by atoms with van der Waals surface area (Å²) in [6, 6.07) is 20.8. The van der Waals surface area contributed by atoms with E-state index in [-0.39, 0.29) is 24.8 Å². The van der Waals surface area contributed by atoms with Crippen LogP contribution in [0.25, 0.3) is 10.8 Å². The second kappa shape index (κ2) is 11.4. The molecule has 0 heterocycles. The van der Waals surface area contributed by atoms with Gasteiger partial charge in [0.05, 0.1) is 6.04 Å². The highest BCUT2D eigenvalue weighted by molar-refractivity contribution is 5.97. The zero-order valence-corrected chi connectivity index (χ0v) is 18.6. The molecule has 4 N–H and O–H groups in total. The van der Waals surface area contributed by atoms with Crippen LogP contribution in [-0.2, 0) is 20.8 Å². The molecule has 0 saturated carbocycles. The Labute approximate surface area is 196 Å². The minimum Gasteiger partial charge on any atom is -0.478 e. The lowest BCUT2D eigenvalue weighted by Gasteiger charge is -2.18. The number of hydrazine groups is 1. The molecule has 34 heavy (non-hydrogen) atoms. The fourth-order valence-corrected chi connectivity index (χ4v) is 3.57. The molecule has 3 rings (SSSR count). The van der Waals surface area contributed by atoms with Gasteiger partial charge < -0.3 is 10.4 Å². The van der Waals surface area contributed by atoms with Gasteiger partial charge in [0.15, 0.2) is 0 Å². The summed E-state index contributed by atoms with van der Waals surface area (Å²) in [7, 11) is 0. The van der Waals surface area contributed by atoms with E-state index in [1.807, 2.05) is 49.4 Å². The third-order valence-corrected chi connectivity index (χ3v) is 5.22. The Hall–Kier alpha value is -4.46. The van der Waals surface area contributed by atoms with Gasteiger partial charge in [-0.05, 0) is 41.3 Å². The summed E-state index contributed by atoms with van der Waals surface area (Å²) < 4.78 is 0. The maximum Gasteiger partial charge on any atom is 0.328 e. The maximum atomic E-state index is 13.0. The van der Waals surface area contributed by atoms with Crippen LogP contribution in [0.3, 0.4) is 0 Å². The summed E-state index contributed by atoms with van der Waals surface area (Å²) in [4.78, 5) is 47.0. The number of carboxylic acids is 1. The zero-order valence-electron chi connectivity index (χ0n) is 18.6. The van der Waals surface area contributed by atoms with Gasteiger partial charge in [0.2, 0.25) is 5.91 Å². The van der Waals surface area contributed by atoms with Gasteiger partial charge in [-0.3, -0.25) is 25.2 Å². The number of rotatable bonds is 8. The number of aliphatic carboxylic acids is 1. The second-order valence-electron chi connectivity index (χ2n) is 7.63. The van der Waals surface area contributed by atoms with Crippen molar-refractivity contribution in [3.63, 3.8) is 0 Å². The molecule has 0 aromatic heterocycles. The van der Waals surface area contributed by atoms with Crippen LogP contribution in [0.1, 0.15) is 40.9 Å². The lowest BCUT2D eigenvalue weighted by atomic mass is 9.98. The molecule has 0 unspecified atom stereocenters. The van der Waals surface area contributed by atoms with Crippen LogP contribution >= 0.6 is 0 Å². The number of benzene rings is 3. The minimum atomic E-state index is -1.27. The van der Waals surface area contributed by atoms with Crippen LogP contribution < -0.4 is 16.2 Å². The Morgan fingerprint density at radius 2 is 1.59 bits per heavy atom. The predicted octanol–water partition coefficient (Wildman–Crippen LogP) is 3.05. The first-order valence-electron chi connectivity index (χ1n) is 10.7. The van der Waals surface area contributed by atoms with Gasteiger partial charge in [0, 0.05) is 24.1 Å². The van der Waals surface area contributed by atoms with Crippen molar-refractivity contribution in [2.75, 3.05) is 0 Å². The molecule has 3 aromatic carbocycles. The smallest absolute Gasteiger partial charge is 0.328 e. The van der Waals surface area contributed by atoms with Crippen molar-refractivity contribution in [1.29, 1.82) is 0 Å². The second-order valence-corrected chi connectivity index (χ2v) is 7.63. The van der Waals surface area contributed by atoms with Crippen LogP contribution in [0.4, 0.5) is 0 Å². The lowest BCUT2D eigenvalue weighted by molar-refractivity contribution is -0.131. The third kappa shape index (κ3) is 6.52. The van der Waals surface area contributed by atoms with Gasteiger partial charge in [-0.15, -0.1) is 0 Å². The molecule has 0 aliphatic rings. The standard InChI is InChI=1S/C26H25N3O5/c1-17(20-12-6-9-18-7-2-4-10-21(18)20)27-26(34)22-11-5-3-8-19(22)13-14-23(30)28-29-24(31)15-16-25(32)33/h2-12,15-17H,13-14H2,1H3,(H,27,34)(H,28,30)(H,29,31)(H,32,33)/b16-15+/t17-/m1/s1. The number of aryl methyl sites for hydroxylation is 1. The highest BCUT2D eigenvalue weighted by Gasteiger charge is 2.16. The average Bonchev–Trinajstić information content (AvgIpc) is 2.84. The molecule has 0 aliphatic heterocycles. The molecule has 1 atom stereocenters. The first-order valence-corrected chi connectivity index (χ1v) is 10.7. The monoisotopic (exact) mass is 459 g/mol. The summed E-state index contributed by atoms with van der Waals surface area (Å²) in [6.45, 7) is 1.93. The first kappa shape index (κ1) is 24.2. The Morgan fingerprint density at radius 1 is 0.882 bits per heavy atom. The van der Waals surface area contributed by atoms with E-state index < -0.39 is 17.8 Å². The van der Waals surface area contributed by atoms with Gasteiger partial charge in [0.25, 0.3) is 11.8 Å². The summed E-state index contributed by atoms with van der Waals surface area (Å²) in [5.41, 5.74) is 6.49. The summed E-state index contributed by atoms with van der Waals surface area (Å²) >= 11 is 0. The van der Waals surface area contributed by atoms with Crippen molar-refractivity contribution in [3.05, 3.63) is 95.6 Å². The van der Waals surface area contributed by atoms with Gasteiger partial charge in [-0.2, -0.15) is 0 Å². The molecule has 0 radical (unpaired) electrons. The number of hydrogen-bond acceptors (Lipinski definition) is 4. The number of hydrogen-bond donors (Lipinski definition) is 4. The average molecular weight is 460 g/mol. The largest absolute Gasteiger partial charge is 0.478 e. The van der Waals surface area contributed by atoms with Crippen LogP contribution in [0.2, 0.25) is 0 Å². The molecule has 8 nitrogen and oxygen atoms in total. The van der Waals surface area contributed by atoms with Gasteiger partial charge >= 0.3 is 5.97 Å². The number of fused-ring (bicyclic) bond motifs is 1. The van der Waals surface area contributed by atoms with Crippen LogP contribution in [0.15, 0.2) is 78.9 Å². The first-order chi connectivity index (χ1) is 16.3. The Morgan fingerprint density at radius 3 is 2.38 bits per heavy atom. The number of nitrogens with one attached hydrogen (secondary N) is 3. The molecule has 3 amide bonds. The van der Waals surface area contributed by atoms with Crippen molar-refractivity contribution < 1.29 is 24.3 Å². The van der Waals surface area contributed by atoms with Crippen molar-refractivity contribution in [1.82, 2.24) is 16.2 Å². The molecule has 8 heteroatoms. The van der Waals surface area contributed by atoms with E-state index in [2.05, 4.69) is 16.2 Å². The van der Waals surface area contributed by atoms with E-state index >= 15 is 0 Å². The predicted molar refractivity (Wildman–Crippen MR) is 128 cm³/mol. The topological polar surface area (TPSA) is 125 Å². The summed E-state index contributed by atoms with van der Waals surface area (Å²) in [5, 5.41) is 13.7. The molecule has 0 fully saturated rings. The minimum absolute atomic E-state index is 0.0199. The highest BCUT2D eigenvalue weighted by atomic mass is 16.4. The molecule has 0 spiro atoms. The number of carbonyl (C=O) groups is 4. The number of carboxylic acid groups (broad SMARTS) is 1. The van der Waals surface area contributed by atoms with E-state index in [4.69, 9.17) is 5.11 Å². The highest BCUT2D eigenvalue weighted by Crippen LogP contribution is 2.24. The van der Waals surface area contributed by atoms with Crippen LogP contribution in [0.5, 0.6) is 0 Å². The zero-order chi connectivity index (χ0) is 24.5. The van der Waals surface area contributed by atoms with Crippen LogP contribution in [-0.4, -0.2) is 28.8 Å². The molecular formula is C26H25N3O5. The molecule has 0 aliphatic carbocycles. The lowest BCUT2D eigenvalue weighted by Crippen LogP contribution is -2.41. The molecular weight excluding hydrogens is 434 g/mol. The van der Waals surface area contributed by atoms with Gasteiger partial charge in [0.1, 0.15) is 0 Å². The van der Waals surface area contributed by atoms with Crippen molar-refractivity contribution in [3.8, 4) is 0 Å². The van der Waals surface area contributed by atoms with Crippen molar-refractivity contribution >= 4 is 34.5 Å². The SMILES string of the molecule is C[C@@H](NC(=O)c1ccccc1CCC(=O)NNC(=O)/C=C/C(=O)O)c1cccc2ccccc12. The molecule has 174 valence electrons. The number of carbonyl (C=O) groups excluding carboxylic acids is 3. The van der Waals surface area contributed by atoms with E-state index in [1.165, 1.54) is 0 Å². The molecule has 0 saturated heterocycles. The van der Waals surface area contributed by atoms with E-state index in [9.17, 15) is 19.2 Å². The fraction of sp³-hybridized carbons (Fsp3) is 0.154. The fourth-order valence-electron chi connectivity index (χ4n) is 3.57. The summed E-state index contributed by atoms with van der Waals surface area (Å²) in [6.07, 6.45) is 1.75. The quantitative estimate of drug-likeness (QED) is 0.304. The van der Waals surface area contributed by atoms with Gasteiger partial charge in [-0.25, -0.2) is 4.79 Å². The molecule has 0 bridgehead atoms.